The minimum Gasteiger partial charge on any atom is -0.373 e. The Morgan fingerprint density at radius 2 is 2.23 bits per heavy atom. The van der Waals surface area contributed by atoms with Gasteiger partial charge in [0.15, 0.2) is 0 Å². The average molecular weight is 173 g/mol. The number of nitrogens with zero attached hydrogens (tertiary/aromatic N) is 1. The molecule has 13 heavy (non-hydrogen) atoms. The summed E-state index contributed by atoms with van der Waals surface area (Å²) >= 11 is 0. The van der Waals surface area contributed by atoms with Gasteiger partial charge in [-0.15, -0.1) is 0 Å². The first-order chi connectivity index (χ1) is 6.29. The van der Waals surface area contributed by atoms with Crippen LogP contribution in [0.3, 0.4) is 0 Å². The van der Waals surface area contributed by atoms with Gasteiger partial charge in [0.1, 0.15) is 0 Å². The molecular formula is C12H15N. The van der Waals surface area contributed by atoms with Gasteiger partial charge in [-0.2, -0.15) is 0 Å². The van der Waals surface area contributed by atoms with E-state index in [2.05, 4.69) is 36.6 Å². The maximum absolute atomic E-state index is 3.80. The number of benzene rings is 1. The van der Waals surface area contributed by atoms with Crippen LogP contribution in [0, 0.1) is 6.92 Å². The predicted molar refractivity (Wildman–Crippen MR) is 55.5 cm³/mol. The lowest BCUT2D eigenvalue weighted by molar-refractivity contribution is 0.354. The average Bonchev–Trinajstić information content (AvgIpc) is 2.17. The lowest BCUT2D eigenvalue weighted by Crippen LogP contribution is -2.25. The van der Waals surface area contributed by atoms with Crippen LogP contribution in [-0.4, -0.2) is 11.4 Å². The van der Waals surface area contributed by atoms with Crippen LogP contribution in [0.5, 0.6) is 0 Å². The fraction of sp³-hybridized carbons (Fsp3) is 0.333. The van der Waals surface area contributed by atoms with Crippen LogP contribution in [-0.2, 0) is 13.0 Å². The minimum absolute atomic E-state index is 1.03. The SMILES string of the molecule is C=CN1CCc2cc(C)ccc2C1. The molecule has 0 N–H and O–H groups in total. The summed E-state index contributed by atoms with van der Waals surface area (Å²) in [5, 5.41) is 0. The molecule has 0 unspecified atom stereocenters. The maximum atomic E-state index is 3.80. The molecule has 0 spiro atoms. The van der Waals surface area contributed by atoms with E-state index in [0.717, 1.165) is 19.5 Å². The quantitative estimate of drug-likeness (QED) is 0.630. The molecule has 1 aliphatic rings. The zero-order valence-electron chi connectivity index (χ0n) is 8.09. The monoisotopic (exact) mass is 173 g/mol. The van der Waals surface area contributed by atoms with Crippen molar-refractivity contribution < 1.29 is 0 Å². The summed E-state index contributed by atoms with van der Waals surface area (Å²) in [4.78, 5) is 2.26. The molecule has 0 amide bonds. The highest BCUT2D eigenvalue weighted by Gasteiger charge is 2.12. The molecule has 1 aliphatic heterocycles. The molecule has 0 saturated carbocycles. The summed E-state index contributed by atoms with van der Waals surface area (Å²) in [6.45, 7) is 8.09. The van der Waals surface area contributed by atoms with Gasteiger partial charge in [-0.1, -0.05) is 30.3 Å². The van der Waals surface area contributed by atoms with Crippen molar-refractivity contribution in [3.05, 3.63) is 47.7 Å². The molecule has 0 saturated heterocycles. The van der Waals surface area contributed by atoms with Crippen molar-refractivity contribution in [1.82, 2.24) is 4.90 Å². The normalized spacial score (nSPS) is 15.3. The summed E-state index contributed by atoms with van der Waals surface area (Å²) in [6, 6.07) is 6.72. The Balaban J connectivity index is 2.31. The molecule has 1 heterocycles. The van der Waals surface area contributed by atoms with E-state index in [4.69, 9.17) is 0 Å². The Hall–Kier alpha value is -1.24. The second-order valence-electron chi connectivity index (χ2n) is 3.68. The van der Waals surface area contributed by atoms with Crippen LogP contribution in [0.1, 0.15) is 16.7 Å². The van der Waals surface area contributed by atoms with Crippen molar-refractivity contribution in [2.75, 3.05) is 6.54 Å². The number of aryl methyl sites for hydroxylation is 1. The van der Waals surface area contributed by atoms with E-state index in [1.807, 2.05) is 6.20 Å². The molecule has 1 heteroatoms. The molecule has 68 valence electrons. The standard InChI is InChI=1S/C12H15N/c1-3-13-7-6-11-8-10(2)4-5-12(11)9-13/h3-5,8H,1,6-7,9H2,2H3. The van der Waals surface area contributed by atoms with Gasteiger partial charge in [0.2, 0.25) is 0 Å². The topological polar surface area (TPSA) is 3.24 Å². The van der Waals surface area contributed by atoms with Gasteiger partial charge in [-0.05, 0) is 30.7 Å². The van der Waals surface area contributed by atoms with E-state index in [-0.39, 0.29) is 0 Å². The molecule has 0 atom stereocenters. The molecule has 2 rings (SSSR count). The van der Waals surface area contributed by atoms with Gasteiger partial charge in [-0.25, -0.2) is 0 Å². The maximum Gasteiger partial charge on any atom is 0.0426 e. The van der Waals surface area contributed by atoms with E-state index in [1.165, 1.54) is 16.7 Å². The largest absolute Gasteiger partial charge is 0.373 e. The van der Waals surface area contributed by atoms with Gasteiger partial charge in [-0.3, -0.25) is 0 Å². The van der Waals surface area contributed by atoms with Gasteiger partial charge in [0, 0.05) is 13.1 Å². The van der Waals surface area contributed by atoms with Crippen LogP contribution < -0.4 is 0 Å². The predicted octanol–water partition coefficient (Wildman–Crippen LogP) is 2.50. The van der Waals surface area contributed by atoms with Crippen molar-refractivity contribution in [3.8, 4) is 0 Å². The van der Waals surface area contributed by atoms with Crippen LogP contribution >= 0.6 is 0 Å². The Morgan fingerprint density at radius 1 is 1.38 bits per heavy atom. The lowest BCUT2D eigenvalue weighted by Gasteiger charge is -2.27. The molecule has 0 fully saturated rings. The summed E-state index contributed by atoms with van der Waals surface area (Å²) in [5.74, 6) is 0. The molecule has 0 radical (unpaired) electrons. The number of hydrogen-bond donors (Lipinski definition) is 0. The molecule has 0 aliphatic carbocycles. The van der Waals surface area contributed by atoms with Crippen molar-refractivity contribution in [3.63, 3.8) is 0 Å². The van der Waals surface area contributed by atoms with E-state index in [9.17, 15) is 0 Å². The molecular weight excluding hydrogens is 158 g/mol. The first-order valence-electron chi connectivity index (χ1n) is 4.74. The van der Waals surface area contributed by atoms with E-state index >= 15 is 0 Å². The van der Waals surface area contributed by atoms with Crippen LogP contribution in [0.2, 0.25) is 0 Å². The summed E-state index contributed by atoms with van der Waals surface area (Å²) in [7, 11) is 0. The van der Waals surface area contributed by atoms with E-state index < -0.39 is 0 Å². The molecule has 0 bridgehead atoms. The van der Waals surface area contributed by atoms with Crippen LogP contribution in [0.15, 0.2) is 31.0 Å². The summed E-state index contributed by atoms with van der Waals surface area (Å²) in [5.41, 5.74) is 4.33. The van der Waals surface area contributed by atoms with Crippen molar-refractivity contribution in [2.24, 2.45) is 0 Å². The van der Waals surface area contributed by atoms with Crippen LogP contribution in [0.4, 0.5) is 0 Å². The first-order valence-corrected chi connectivity index (χ1v) is 4.74. The van der Waals surface area contributed by atoms with Crippen molar-refractivity contribution >= 4 is 0 Å². The highest BCUT2D eigenvalue weighted by molar-refractivity contribution is 5.33. The zero-order chi connectivity index (χ0) is 9.26. The number of fused-ring (bicyclic) bond motifs is 1. The molecule has 0 aromatic heterocycles. The smallest absolute Gasteiger partial charge is 0.0426 e. The molecule has 1 aromatic carbocycles. The van der Waals surface area contributed by atoms with Crippen molar-refractivity contribution in [2.45, 2.75) is 19.9 Å². The van der Waals surface area contributed by atoms with E-state index in [1.54, 1.807) is 0 Å². The molecule has 1 nitrogen and oxygen atoms in total. The van der Waals surface area contributed by atoms with Gasteiger partial charge in [0.05, 0.1) is 0 Å². The Kier molecular flexibility index (Phi) is 2.09. The highest BCUT2D eigenvalue weighted by Crippen LogP contribution is 2.19. The van der Waals surface area contributed by atoms with Gasteiger partial charge < -0.3 is 4.90 Å². The van der Waals surface area contributed by atoms with Gasteiger partial charge in [0.25, 0.3) is 0 Å². The number of hydrogen-bond acceptors (Lipinski definition) is 1. The third kappa shape index (κ3) is 1.59. The highest BCUT2D eigenvalue weighted by atomic mass is 15.1. The Labute approximate surface area is 79.7 Å². The summed E-state index contributed by atoms with van der Waals surface area (Å²) in [6.07, 6.45) is 3.09. The fourth-order valence-electron chi connectivity index (χ4n) is 1.86. The third-order valence-electron chi connectivity index (χ3n) is 2.66. The van der Waals surface area contributed by atoms with Crippen LogP contribution in [0.25, 0.3) is 0 Å². The fourth-order valence-corrected chi connectivity index (χ4v) is 1.86. The zero-order valence-corrected chi connectivity index (χ0v) is 8.09. The Bertz CT molecular complexity index is 328. The van der Waals surface area contributed by atoms with Crippen molar-refractivity contribution in [1.29, 1.82) is 0 Å². The first kappa shape index (κ1) is 8.36. The second-order valence-corrected chi connectivity index (χ2v) is 3.68. The summed E-state index contributed by atoms with van der Waals surface area (Å²) < 4.78 is 0. The second kappa shape index (κ2) is 3.25. The number of rotatable bonds is 1. The molecule has 1 aromatic rings. The minimum atomic E-state index is 1.03. The third-order valence-corrected chi connectivity index (χ3v) is 2.66. The Morgan fingerprint density at radius 3 is 3.00 bits per heavy atom. The van der Waals surface area contributed by atoms with E-state index in [0.29, 0.717) is 0 Å². The lowest BCUT2D eigenvalue weighted by atomic mass is 9.98. The van der Waals surface area contributed by atoms with Gasteiger partial charge >= 0.3 is 0 Å².